The molecule has 3 aliphatic rings. The number of aliphatic hydroxyl groups is 1. The molecule has 2 fully saturated rings. The molecule has 2 aromatic heterocycles. The summed E-state index contributed by atoms with van der Waals surface area (Å²) >= 11 is 0. The number of aliphatic hydroxyl groups excluding tert-OH is 1. The van der Waals surface area contributed by atoms with Crippen molar-refractivity contribution < 1.29 is 32.7 Å². The number of carbonyl (C=O) groups is 1. The molecule has 37 heavy (non-hydrogen) atoms. The van der Waals surface area contributed by atoms with Gasteiger partial charge in [-0.3, -0.25) is 9.52 Å². The van der Waals surface area contributed by atoms with E-state index >= 15 is 0 Å². The van der Waals surface area contributed by atoms with E-state index in [0.29, 0.717) is 40.3 Å². The van der Waals surface area contributed by atoms with Crippen LogP contribution in [0.4, 0.5) is 15.9 Å². The van der Waals surface area contributed by atoms with Gasteiger partial charge in [0.05, 0.1) is 34.2 Å². The second-order valence-corrected chi connectivity index (χ2v) is 11.7. The van der Waals surface area contributed by atoms with Crippen molar-refractivity contribution in [3.8, 4) is 5.75 Å². The number of nitrogens with one attached hydrogen (secondary N) is 2. The number of aromatic nitrogens is 3. The Morgan fingerprint density at radius 1 is 1.30 bits per heavy atom. The minimum atomic E-state index is -2.52. The van der Waals surface area contributed by atoms with Crippen molar-refractivity contribution in [1.29, 1.82) is 0 Å². The van der Waals surface area contributed by atoms with Gasteiger partial charge in [-0.2, -0.15) is 5.10 Å². The van der Waals surface area contributed by atoms with Gasteiger partial charge in [0.1, 0.15) is 41.7 Å². The molecule has 3 N–H and O–H groups in total. The summed E-state index contributed by atoms with van der Waals surface area (Å²) in [6, 6.07) is 4.06. The number of ether oxygens (including phenoxy) is 3. The van der Waals surface area contributed by atoms with Crippen LogP contribution in [0.5, 0.6) is 5.75 Å². The second kappa shape index (κ2) is 9.24. The maximum absolute atomic E-state index is 14.2. The lowest BCUT2D eigenvalue weighted by atomic mass is 10.1. The van der Waals surface area contributed by atoms with E-state index < -0.39 is 45.8 Å². The van der Waals surface area contributed by atoms with Crippen molar-refractivity contribution >= 4 is 38.0 Å². The number of amides is 1. The number of benzene rings is 1. The van der Waals surface area contributed by atoms with Gasteiger partial charge in [0, 0.05) is 18.0 Å². The molecule has 1 aromatic carbocycles. The number of anilines is 2. The first kappa shape index (κ1) is 24.1. The van der Waals surface area contributed by atoms with Gasteiger partial charge >= 0.3 is 0 Å². The van der Waals surface area contributed by atoms with E-state index in [2.05, 4.69) is 20.1 Å². The fourth-order valence-electron chi connectivity index (χ4n) is 4.97. The Bertz CT molecular complexity index is 1500. The van der Waals surface area contributed by atoms with Gasteiger partial charge < -0.3 is 24.6 Å². The first-order chi connectivity index (χ1) is 17.8. The molecule has 11 nitrogen and oxygen atoms in total. The van der Waals surface area contributed by atoms with Crippen LogP contribution in [-0.4, -0.2) is 78.6 Å². The minimum Gasteiger partial charge on any atom is -0.483 e. The SMILES string of the molecule is Cc1c(C(=O)NS2(=O)=CCCC2)cn2ncnc(Nc3ccc(F)cc3OC3COC4C(O)COC34)c12. The molecule has 0 spiro atoms. The van der Waals surface area contributed by atoms with E-state index in [4.69, 9.17) is 14.2 Å². The van der Waals surface area contributed by atoms with Crippen molar-refractivity contribution in [3.63, 3.8) is 0 Å². The predicted molar refractivity (Wildman–Crippen MR) is 133 cm³/mol. The Balaban J connectivity index is 1.30. The van der Waals surface area contributed by atoms with Gasteiger partial charge in [0.15, 0.2) is 11.9 Å². The van der Waals surface area contributed by atoms with Crippen LogP contribution in [0.3, 0.4) is 0 Å². The number of hydrogen-bond acceptors (Lipinski definition) is 9. The fourth-order valence-corrected chi connectivity index (χ4v) is 6.89. The number of aryl methyl sites for hydroxylation is 1. The summed E-state index contributed by atoms with van der Waals surface area (Å²) in [6.45, 7) is 2.10. The van der Waals surface area contributed by atoms with Crippen LogP contribution < -0.4 is 14.8 Å². The van der Waals surface area contributed by atoms with Crippen LogP contribution in [0.2, 0.25) is 0 Å². The van der Waals surface area contributed by atoms with E-state index in [1.54, 1.807) is 18.5 Å². The van der Waals surface area contributed by atoms with E-state index in [1.165, 1.54) is 29.0 Å². The molecule has 196 valence electrons. The van der Waals surface area contributed by atoms with Crippen molar-refractivity contribution in [1.82, 2.24) is 19.3 Å². The van der Waals surface area contributed by atoms with E-state index in [1.807, 2.05) is 0 Å². The van der Waals surface area contributed by atoms with E-state index in [9.17, 15) is 18.5 Å². The Morgan fingerprint density at radius 3 is 2.95 bits per heavy atom. The molecule has 6 rings (SSSR count). The molecule has 0 saturated carbocycles. The normalized spacial score (nSPS) is 28.7. The predicted octanol–water partition coefficient (Wildman–Crippen LogP) is 1.35. The van der Waals surface area contributed by atoms with Gasteiger partial charge in [-0.25, -0.2) is 18.1 Å². The van der Waals surface area contributed by atoms with E-state index in [-0.39, 0.29) is 19.0 Å². The molecule has 0 radical (unpaired) electrons. The van der Waals surface area contributed by atoms with Crippen LogP contribution in [0.1, 0.15) is 28.8 Å². The Kier molecular flexibility index (Phi) is 6.02. The largest absolute Gasteiger partial charge is 0.483 e. The zero-order chi connectivity index (χ0) is 25.7. The molecular weight excluding hydrogens is 505 g/mol. The minimum absolute atomic E-state index is 0.152. The topological polar surface area (TPSA) is 136 Å². The second-order valence-electron chi connectivity index (χ2n) is 9.33. The Hall–Kier alpha value is -3.26. The average Bonchev–Trinajstić information content (AvgIpc) is 3.63. The van der Waals surface area contributed by atoms with Gasteiger partial charge in [-0.1, -0.05) is 0 Å². The highest BCUT2D eigenvalue weighted by atomic mass is 32.2. The Morgan fingerprint density at radius 2 is 2.14 bits per heavy atom. The number of hydrogen-bond donors (Lipinski definition) is 3. The first-order valence-electron chi connectivity index (χ1n) is 12.0. The van der Waals surface area contributed by atoms with Crippen LogP contribution in [0.25, 0.3) is 5.52 Å². The lowest BCUT2D eigenvalue weighted by Crippen LogP contribution is -2.34. The number of rotatable bonds is 6. The van der Waals surface area contributed by atoms with Gasteiger partial charge in [0.2, 0.25) is 0 Å². The Labute approximate surface area is 212 Å². The summed E-state index contributed by atoms with van der Waals surface area (Å²) in [5.41, 5.74) is 1.87. The summed E-state index contributed by atoms with van der Waals surface area (Å²) in [4.78, 5) is 17.3. The highest BCUT2D eigenvalue weighted by Crippen LogP contribution is 2.35. The van der Waals surface area contributed by atoms with Gasteiger partial charge in [-0.15, -0.1) is 0 Å². The van der Waals surface area contributed by atoms with Crippen LogP contribution >= 0.6 is 0 Å². The summed E-state index contributed by atoms with van der Waals surface area (Å²) in [6.07, 6.45) is 2.16. The van der Waals surface area contributed by atoms with Crippen molar-refractivity contribution in [2.45, 2.75) is 44.2 Å². The van der Waals surface area contributed by atoms with Crippen molar-refractivity contribution in [2.24, 2.45) is 0 Å². The summed E-state index contributed by atoms with van der Waals surface area (Å²) < 4.78 is 48.5. The molecular formula is C24H26FN5O6S. The van der Waals surface area contributed by atoms with Crippen LogP contribution in [0, 0.1) is 12.7 Å². The van der Waals surface area contributed by atoms with Crippen LogP contribution in [-0.2, 0) is 19.2 Å². The number of fused-ring (bicyclic) bond motifs is 2. The highest BCUT2D eigenvalue weighted by molar-refractivity contribution is 8.00. The monoisotopic (exact) mass is 531 g/mol. The standard InChI is InChI=1S/C24H26FN5O6S/c1-13-15(24(32)29-37(33)6-2-3-7-37)9-30-20(13)23(26-12-27-30)28-16-5-4-14(25)8-18(16)36-19-11-35-21-17(31)10-34-22(19)21/h4-6,8-9,12,17,19,21-22,31H,2-3,7,10-11H2,1H3,(H,26,27,28)(H,29,32,33). The maximum Gasteiger partial charge on any atom is 0.264 e. The molecule has 2 saturated heterocycles. The van der Waals surface area contributed by atoms with Crippen LogP contribution in [0.15, 0.2) is 30.7 Å². The van der Waals surface area contributed by atoms with Crippen molar-refractivity contribution in [2.75, 3.05) is 24.3 Å². The molecule has 5 atom stereocenters. The van der Waals surface area contributed by atoms with E-state index in [0.717, 1.165) is 6.42 Å². The molecule has 3 aromatic rings. The molecule has 0 aliphatic carbocycles. The number of carbonyl (C=O) groups excluding carboxylic acids is 1. The van der Waals surface area contributed by atoms with Crippen molar-refractivity contribution in [3.05, 3.63) is 47.7 Å². The number of halogens is 1. The lowest BCUT2D eigenvalue weighted by Gasteiger charge is -2.20. The summed E-state index contributed by atoms with van der Waals surface area (Å²) in [5.74, 6) is 0.0757. The third-order valence-electron chi connectivity index (χ3n) is 6.83. The quantitative estimate of drug-likeness (QED) is 0.403. The maximum atomic E-state index is 14.2. The molecule has 5 heterocycles. The fraction of sp³-hybridized carbons (Fsp3) is 0.417. The smallest absolute Gasteiger partial charge is 0.264 e. The summed E-state index contributed by atoms with van der Waals surface area (Å²) in [7, 11) is -2.52. The average molecular weight is 532 g/mol. The molecule has 3 aliphatic heterocycles. The first-order valence-corrected chi connectivity index (χ1v) is 13.7. The highest BCUT2D eigenvalue weighted by Gasteiger charge is 2.48. The molecule has 5 unspecified atom stereocenters. The zero-order valence-electron chi connectivity index (χ0n) is 19.9. The molecule has 0 bridgehead atoms. The lowest BCUT2D eigenvalue weighted by molar-refractivity contribution is 0.00871. The zero-order valence-corrected chi connectivity index (χ0v) is 20.7. The molecule has 13 heteroatoms. The van der Waals surface area contributed by atoms with Gasteiger partial charge in [-0.05, 0) is 42.8 Å². The summed E-state index contributed by atoms with van der Waals surface area (Å²) in [5, 5.41) is 19.1. The third kappa shape index (κ3) is 4.41. The molecule has 1 amide bonds. The number of nitrogens with zero attached hydrogens (tertiary/aromatic N) is 3. The van der Waals surface area contributed by atoms with Gasteiger partial charge in [0.25, 0.3) is 5.91 Å². The third-order valence-corrected chi connectivity index (χ3v) is 9.03.